The molecular formula is C9H16ClN3. The molecule has 0 aromatic carbocycles. The van der Waals surface area contributed by atoms with E-state index in [-0.39, 0.29) is 0 Å². The van der Waals surface area contributed by atoms with Gasteiger partial charge in [-0.1, -0.05) is 19.1 Å². The second kappa shape index (κ2) is 4.61. The highest BCUT2D eigenvalue weighted by atomic mass is 35.5. The van der Waals surface area contributed by atoms with Crippen molar-refractivity contribution in [1.82, 2.24) is 15.0 Å². The second-order valence-corrected chi connectivity index (χ2v) is 3.94. The van der Waals surface area contributed by atoms with Crippen molar-refractivity contribution in [2.75, 3.05) is 0 Å². The minimum absolute atomic E-state index is 0.460. The summed E-state index contributed by atoms with van der Waals surface area (Å²) in [5.41, 5.74) is 2.09. The zero-order valence-electron chi connectivity index (χ0n) is 8.42. The standard InChI is InChI=1S/C9H16ClN3/c1-7(2)4-5-9-8(6-10)11-12-13(9)3/h7H,4-6H2,1-3H3. The zero-order valence-corrected chi connectivity index (χ0v) is 9.17. The Bertz CT molecular complexity index is 268. The molecule has 0 unspecified atom stereocenters. The normalized spacial score (nSPS) is 11.2. The van der Waals surface area contributed by atoms with Crippen molar-refractivity contribution in [2.24, 2.45) is 13.0 Å². The van der Waals surface area contributed by atoms with Gasteiger partial charge in [0.1, 0.15) is 5.69 Å². The van der Waals surface area contributed by atoms with Gasteiger partial charge in [-0.25, -0.2) is 0 Å². The van der Waals surface area contributed by atoms with E-state index in [4.69, 9.17) is 11.6 Å². The molecule has 0 saturated carbocycles. The highest BCUT2D eigenvalue weighted by Crippen LogP contribution is 2.12. The summed E-state index contributed by atoms with van der Waals surface area (Å²) < 4.78 is 1.82. The minimum atomic E-state index is 0.460. The Hall–Kier alpha value is -0.570. The van der Waals surface area contributed by atoms with E-state index in [2.05, 4.69) is 24.2 Å². The fourth-order valence-corrected chi connectivity index (χ4v) is 1.46. The summed E-state index contributed by atoms with van der Waals surface area (Å²) >= 11 is 5.74. The van der Waals surface area contributed by atoms with Gasteiger partial charge in [0.25, 0.3) is 0 Å². The summed E-state index contributed by atoms with van der Waals surface area (Å²) in [7, 11) is 1.92. The molecule has 0 spiro atoms. The lowest BCUT2D eigenvalue weighted by Crippen LogP contribution is -2.02. The minimum Gasteiger partial charge on any atom is -0.252 e. The van der Waals surface area contributed by atoms with Crippen LogP contribution in [0.25, 0.3) is 0 Å². The van der Waals surface area contributed by atoms with E-state index in [1.165, 1.54) is 5.69 Å². The van der Waals surface area contributed by atoms with Gasteiger partial charge in [-0.2, -0.15) is 0 Å². The molecule has 0 fully saturated rings. The quantitative estimate of drug-likeness (QED) is 0.699. The monoisotopic (exact) mass is 201 g/mol. The van der Waals surface area contributed by atoms with Gasteiger partial charge < -0.3 is 0 Å². The molecule has 0 saturated heterocycles. The second-order valence-electron chi connectivity index (χ2n) is 3.67. The van der Waals surface area contributed by atoms with Crippen molar-refractivity contribution in [3.8, 4) is 0 Å². The Morgan fingerprint density at radius 2 is 2.15 bits per heavy atom. The zero-order chi connectivity index (χ0) is 9.84. The van der Waals surface area contributed by atoms with E-state index in [1.807, 2.05) is 11.7 Å². The van der Waals surface area contributed by atoms with Crippen molar-refractivity contribution in [1.29, 1.82) is 0 Å². The molecule has 0 aliphatic rings. The number of halogens is 1. The lowest BCUT2D eigenvalue weighted by Gasteiger charge is -2.05. The predicted molar refractivity (Wildman–Crippen MR) is 53.7 cm³/mol. The van der Waals surface area contributed by atoms with Crippen molar-refractivity contribution in [2.45, 2.75) is 32.6 Å². The van der Waals surface area contributed by atoms with Crippen LogP contribution in [0.3, 0.4) is 0 Å². The van der Waals surface area contributed by atoms with Gasteiger partial charge in [0, 0.05) is 7.05 Å². The molecular weight excluding hydrogens is 186 g/mol. The number of hydrogen-bond donors (Lipinski definition) is 0. The highest BCUT2D eigenvalue weighted by molar-refractivity contribution is 6.16. The van der Waals surface area contributed by atoms with Gasteiger partial charge in [0.05, 0.1) is 11.6 Å². The summed E-state index contributed by atoms with van der Waals surface area (Å²) in [6.45, 7) is 4.42. The van der Waals surface area contributed by atoms with Crippen LogP contribution in [0.1, 0.15) is 31.7 Å². The van der Waals surface area contributed by atoms with Gasteiger partial charge in [0.2, 0.25) is 0 Å². The van der Waals surface area contributed by atoms with Crippen LogP contribution in [0.5, 0.6) is 0 Å². The van der Waals surface area contributed by atoms with Crippen molar-refractivity contribution >= 4 is 11.6 Å². The maximum absolute atomic E-state index is 5.74. The van der Waals surface area contributed by atoms with Crippen LogP contribution in [-0.2, 0) is 19.3 Å². The van der Waals surface area contributed by atoms with E-state index in [0.717, 1.165) is 18.5 Å². The average molecular weight is 202 g/mol. The summed E-state index contributed by atoms with van der Waals surface area (Å²) in [5.74, 6) is 1.17. The van der Waals surface area contributed by atoms with E-state index in [9.17, 15) is 0 Å². The van der Waals surface area contributed by atoms with Crippen LogP contribution >= 0.6 is 11.6 Å². The summed E-state index contributed by atoms with van der Waals surface area (Å²) in [4.78, 5) is 0. The summed E-state index contributed by atoms with van der Waals surface area (Å²) in [6.07, 6.45) is 2.17. The summed E-state index contributed by atoms with van der Waals surface area (Å²) in [5, 5.41) is 7.94. The van der Waals surface area contributed by atoms with E-state index in [0.29, 0.717) is 11.8 Å². The van der Waals surface area contributed by atoms with Crippen LogP contribution in [0.2, 0.25) is 0 Å². The van der Waals surface area contributed by atoms with E-state index >= 15 is 0 Å². The van der Waals surface area contributed by atoms with Crippen molar-refractivity contribution in [3.63, 3.8) is 0 Å². The number of rotatable bonds is 4. The molecule has 0 bridgehead atoms. The summed E-state index contributed by atoms with van der Waals surface area (Å²) in [6, 6.07) is 0. The lowest BCUT2D eigenvalue weighted by atomic mass is 10.1. The lowest BCUT2D eigenvalue weighted by molar-refractivity contribution is 0.562. The smallest absolute Gasteiger partial charge is 0.101 e. The predicted octanol–water partition coefficient (Wildman–Crippen LogP) is 2.14. The Kier molecular flexibility index (Phi) is 3.72. The van der Waals surface area contributed by atoms with Crippen LogP contribution in [0, 0.1) is 5.92 Å². The highest BCUT2D eigenvalue weighted by Gasteiger charge is 2.09. The number of nitrogens with zero attached hydrogens (tertiary/aromatic N) is 3. The van der Waals surface area contributed by atoms with Gasteiger partial charge in [0.15, 0.2) is 0 Å². The number of hydrogen-bond acceptors (Lipinski definition) is 2. The van der Waals surface area contributed by atoms with Crippen molar-refractivity contribution in [3.05, 3.63) is 11.4 Å². The maximum atomic E-state index is 5.74. The topological polar surface area (TPSA) is 30.7 Å². The molecule has 3 nitrogen and oxygen atoms in total. The Morgan fingerprint density at radius 3 is 2.69 bits per heavy atom. The molecule has 1 heterocycles. The maximum Gasteiger partial charge on any atom is 0.101 e. The Labute approximate surface area is 84.1 Å². The van der Waals surface area contributed by atoms with Crippen molar-refractivity contribution < 1.29 is 0 Å². The molecule has 1 aromatic heterocycles. The molecule has 4 heteroatoms. The average Bonchev–Trinajstić information content (AvgIpc) is 2.43. The molecule has 0 aliphatic heterocycles. The largest absolute Gasteiger partial charge is 0.252 e. The molecule has 0 N–H and O–H groups in total. The number of aromatic nitrogens is 3. The Balaban J connectivity index is 2.68. The molecule has 0 atom stereocenters. The number of aryl methyl sites for hydroxylation is 1. The van der Waals surface area contributed by atoms with Crippen LogP contribution < -0.4 is 0 Å². The van der Waals surface area contributed by atoms with E-state index in [1.54, 1.807) is 0 Å². The van der Waals surface area contributed by atoms with Gasteiger partial charge in [-0.3, -0.25) is 4.68 Å². The van der Waals surface area contributed by atoms with Gasteiger partial charge >= 0.3 is 0 Å². The number of alkyl halides is 1. The first-order valence-electron chi connectivity index (χ1n) is 4.58. The first kappa shape index (κ1) is 10.5. The first-order valence-corrected chi connectivity index (χ1v) is 5.12. The third-order valence-electron chi connectivity index (χ3n) is 2.11. The van der Waals surface area contributed by atoms with Gasteiger partial charge in [-0.05, 0) is 18.8 Å². The van der Waals surface area contributed by atoms with Crippen LogP contribution in [0.4, 0.5) is 0 Å². The fourth-order valence-electron chi connectivity index (χ4n) is 1.25. The van der Waals surface area contributed by atoms with Crippen LogP contribution in [-0.4, -0.2) is 15.0 Å². The SMILES string of the molecule is CC(C)CCc1c(CCl)nnn1C. The molecule has 0 amide bonds. The fraction of sp³-hybridized carbons (Fsp3) is 0.778. The third-order valence-corrected chi connectivity index (χ3v) is 2.36. The molecule has 74 valence electrons. The van der Waals surface area contributed by atoms with Crippen LogP contribution in [0.15, 0.2) is 0 Å². The van der Waals surface area contributed by atoms with Gasteiger partial charge in [-0.15, -0.1) is 16.7 Å². The molecule has 1 aromatic rings. The molecule has 0 aliphatic carbocycles. The first-order chi connectivity index (χ1) is 6.15. The molecule has 13 heavy (non-hydrogen) atoms. The van der Waals surface area contributed by atoms with E-state index < -0.39 is 0 Å². The Morgan fingerprint density at radius 1 is 1.46 bits per heavy atom. The molecule has 0 radical (unpaired) electrons. The third kappa shape index (κ3) is 2.69. The molecule has 1 rings (SSSR count).